The Hall–Kier alpha value is -2.48. The summed E-state index contributed by atoms with van der Waals surface area (Å²) >= 11 is 0. The predicted octanol–water partition coefficient (Wildman–Crippen LogP) is 8.88. The molecule has 0 fully saturated rings. The van der Waals surface area contributed by atoms with E-state index in [-0.39, 0.29) is 34.4 Å². The van der Waals surface area contributed by atoms with Crippen LogP contribution in [0.5, 0.6) is 5.75 Å². The standard InChI is InChI=1S/C36H56O6Si/c1-25(23-32(35(4,5)6)40-24-28-18-20-30(39-10)21-19-28)22-31(42-43(11,12)36(7,8)9)26(2)33(37)27(3)41-34(38)29-16-14-13-15-17-29/h13-21,25-27,31-32H,22-24H2,1-12H3/t25-,26-,27+,31-,32-/m0/s1. The molecule has 0 heterocycles. The van der Waals surface area contributed by atoms with Gasteiger partial charge in [-0.3, -0.25) is 4.79 Å². The SMILES string of the molecule is COc1ccc(CO[C@@H](C[C@@H](C)C[C@H](O[Si](C)(C)C(C)(C)C)[C@H](C)C(=O)[C@@H](C)OC(=O)c2ccccc2)C(C)(C)C)cc1. The van der Waals surface area contributed by atoms with Crippen LogP contribution in [0.2, 0.25) is 18.1 Å². The molecule has 5 atom stereocenters. The Kier molecular flexibility index (Phi) is 13.2. The summed E-state index contributed by atoms with van der Waals surface area (Å²) in [5, 5.41) is -0.0158. The van der Waals surface area contributed by atoms with E-state index in [0.29, 0.717) is 18.6 Å². The second-order valence-corrected chi connectivity index (χ2v) is 19.4. The van der Waals surface area contributed by atoms with Gasteiger partial charge in [-0.1, -0.05) is 85.7 Å². The summed E-state index contributed by atoms with van der Waals surface area (Å²) in [4.78, 5) is 26.4. The minimum atomic E-state index is -2.21. The second-order valence-electron chi connectivity index (χ2n) is 14.6. The molecule has 2 aromatic rings. The first-order valence-electron chi connectivity index (χ1n) is 15.6. The molecule has 6 nitrogen and oxygen atoms in total. The lowest BCUT2D eigenvalue weighted by atomic mass is 9.81. The number of ether oxygens (including phenoxy) is 3. The average molecular weight is 613 g/mol. The van der Waals surface area contributed by atoms with Crippen molar-refractivity contribution in [1.82, 2.24) is 0 Å². The highest BCUT2D eigenvalue weighted by atomic mass is 28.4. The molecule has 2 aromatic carbocycles. The maximum atomic E-state index is 13.7. The summed E-state index contributed by atoms with van der Waals surface area (Å²) in [5.41, 5.74) is 1.46. The maximum absolute atomic E-state index is 13.7. The van der Waals surface area contributed by atoms with Crippen LogP contribution >= 0.6 is 0 Å². The Morgan fingerprint density at radius 3 is 1.93 bits per heavy atom. The molecule has 240 valence electrons. The lowest BCUT2D eigenvalue weighted by molar-refractivity contribution is -0.134. The van der Waals surface area contributed by atoms with Crippen molar-refractivity contribution in [3.05, 3.63) is 65.7 Å². The molecule has 0 bridgehead atoms. The summed E-state index contributed by atoms with van der Waals surface area (Å²) in [7, 11) is -0.544. The third-order valence-corrected chi connectivity index (χ3v) is 13.3. The van der Waals surface area contributed by atoms with Crippen molar-refractivity contribution in [2.45, 2.75) is 118 Å². The first kappa shape index (κ1) is 36.7. The van der Waals surface area contributed by atoms with Crippen LogP contribution in [0, 0.1) is 17.3 Å². The molecule has 0 radical (unpaired) electrons. The van der Waals surface area contributed by atoms with E-state index < -0.39 is 26.3 Å². The van der Waals surface area contributed by atoms with Gasteiger partial charge in [0.2, 0.25) is 0 Å². The molecule has 43 heavy (non-hydrogen) atoms. The van der Waals surface area contributed by atoms with Gasteiger partial charge in [-0.05, 0) is 79.1 Å². The average Bonchev–Trinajstić information content (AvgIpc) is 2.93. The zero-order valence-electron chi connectivity index (χ0n) is 28.7. The third-order valence-electron chi connectivity index (χ3n) is 8.78. The van der Waals surface area contributed by atoms with E-state index in [0.717, 1.165) is 17.7 Å². The van der Waals surface area contributed by atoms with Crippen LogP contribution in [0.3, 0.4) is 0 Å². The Balaban J connectivity index is 2.19. The summed E-state index contributed by atoms with van der Waals surface area (Å²) < 4.78 is 24.3. The van der Waals surface area contributed by atoms with Gasteiger partial charge in [0.15, 0.2) is 20.2 Å². The molecule has 0 saturated heterocycles. The molecule has 0 aliphatic heterocycles. The van der Waals surface area contributed by atoms with Gasteiger partial charge in [0.05, 0.1) is 31.5 Å². The minimum absolute atomic E-state index is 0.00915. The van der Waals surface area contributed by atoms with Crippen LogP contribution in [0.4, 0.5) is 0 Å². The third kappa shape index (κ3) is 11.2. The molecular weight excluding hydrogens is 556 g/mol. The number of rotatable bonds is 15. The number of carbonyl (C=O) groups excluding carboxylic acids is 2. The van der Waals surface area contributed by atoms with Crippen LogP contribution in [0.1, 0.15) is 91.1 Å². The van der Waals surface area contributed by atoms with Crippen LogP contribution in [0.25, 0.3) is 0 Å². The van der Waals surface area contributed by atoms with E-state index in [1.165, 1.54) is 0 Å². The van der Waals surface area contributed by atoms with Gasteiger partial charge in [0.25, 0.3) is 0 Å². The van der Waals surface area contributed by atoms with Crippen molar-refractivity contribution in [2.75, 3.05) is 7.11 Å². The largest absolute Gasteiger partial charge is 0.497 e. The van der Waals surface area contributed by atoms with Gasteiger partial charge in [0.1, 0.15) is 5.75 Å². The van der Waals surface area contributed by atoms with E-state index >= 15 is 0 Å². The molecule has 0 N–H and O–H groups in total. The Labute approximate surface area is 262 Å². The molecule has 0 aromatic heterocycles. The molecule has 7 heteroatoms. The lowest BCUT2D eigenvalue weighted by Gasteiger charge is -2.42. The lowest BCUT2D eigenvalue weighted by Crippen LogP contribution is -2.48. The van der Waals surface area contributed by atoms with E-state index in [2.05, 4.69) is 61.6 Å². The zero-order chi connectivity index (χ0) is 32.6. The molecule has 0 saturated carbocycles. The highest BCUT2D eigenvalue weighted by molar-refractivity contribution is 6.74. The molecule has 0 aliphatic rings. The number of hydrogen-bond donors (Lipinski definition) is 0. The van der Waals surface area contributed by atoms with E-state index in [4.69, 9.17) is 18.6 Å². The van der Waals surface area contributed by atoms with Crippen molar-refractivity contribution in [1.29, 1.82) is 0 Å². The van der Waals surface area contributed by atoms with Crippen molar-refractivity contribution in [3.8, 4) is 5.75 Å². The Bertz CT molecular complexity index is 1150. The molecule has 0 spiro atoms. The van der Waals surface area contributed by atoms with Gasteiger partial charge < -0.3 is 18.6 Å². The van der Waals surface area contributed by atoms with Gasteiger partial charge in [-0.2, -0.15) is 0 Å². The number of ketones is 1. The fourth-order valence-electron chi connectivity index (χ4n) is 4.77. The quantitative estimate of drug-likeness (QED) is 0.148. The van der Waals surface area contributed by atoms with Crippen molar-refractivity contribution in [2.24, 2.45) is 17.3 Å². The molecule has 0 amide bonds. The molecule has 0 unspecified atom stereocenters. The summed E-state index contributed by atoms with van der Waals surface area (Å²) in [6.45, 7) is 24.0. The minimum Gasteiger partial charge on any atom is -0.497 e. The number of Topliss-reactive ketones (excluding diaryl/α,β-unsaturated/α-hetero) is 1. The zero-order valence-corrected chi connectivity index (χ0v) is 29.7. The maximum Gasteiger partial charge on any atom is 0.338 e. The van der Waals surface area contributed by atoms with E-state index in [1.54, 1.807) is 38.3 Å². The van der Waals surface area contributed by atoms with E-state index in [1.807, 2.05) is 37.3 Å². The molecule has 2 rings (SSSR count). The first-order valence-corrected chi connectivity index (χ1v) is 18.5. The topological polar surface area (TPSA) is 71.1 Å². The number of carbonyl (C=O) groups is 2. The predicted molar refractivity (Wildman–Crippen MR) is 177 cm³/mol. The highest BCUT2D eigenvalue weighted by Crippen LogP contribution is 2.40. The summed E-state index contributed by atoms with van der Waals surface area (Å²) in [6, 6.07) is 16.7. The van der Waals surface area contributed by atoms with Gasteiger partial charge in [-0.25, -0.2) is 4.79 Å². The van der Waals surface area contributed by atoms with Crippen LogP contribution < -0.4 is 4.74 Å². The monoisotopic (exact) mass is 612 g/mol. The molecule has 0 aliphatic carbocycles. The fourth-order valence-corrected chi connectivity index (χ4v) is 6.18. The number of benzene rings is 2. The van der Waals surface area contributed by atoms with E-state index in [9.17, 15) is 9.59 Å². The van der Waals surface area contributed by atoms with Crippen molar-refractivity contribution < 1.29 is 28.2 Å². The smallest absolute Gasteiger partial charge is 0.338 e. The second kappa shape index (κ2) is 15.5. The van der Waals surface area contributed by atoms with Gasteiger partial charge in [-0.15, -0.1) is 0 Å². The normalized spacial score (nSPS) is 16.1. The highest BCUT2D eigenvalue weighted by Gasteiger charge is 2.42. The van der Waals surface area contributed by atoms with Gasteiger partial charge >= 0.3 is 5.97 Å². The number of esters is 1. The van der Waals surface area contributed by atoms with Crippen LogP contribution in [-0.4, -0.2) is 45.5 Å². The summed E-state index contributed by atoms with van der Waals surface area (Å²) in [5.74, 6) is -0.00435. The molecular formula is C36H56O6Si. The van der Waals surface area contributed by atoms with Crippen LogP contribution in [-0.2, 0) is 25.3 Å². The Morgan fingerprint density at radius 1 is 0.837 bits per heavy atom. The van der Waals surface area contributed by atoms with Crippen molar-refractivity contribution >= 4 is 20.1 Å². The first-order chi connectivity index (χ1) is 19.9. The summed E-state index contributed by atoms with van der Waals surface area (Å²) in [6.07, 6.45) is 0.366. The Morgan fingerprint density at radius 2 is 1.42 bits per heavy atom. The fraction of sp³-hybridized carbons (Fsp3) is 0.611. The van der Waals surface area contributed by atoms with Crippen LogP contribution in [0.15, 0.2) is 54.6 Å². The number of methoxy groups -OCH3 is 1. The van der Waals surface area contributed by atoms with Crippen molar-refractivity contribution in [3.63, 3.8) is 0 Å². The number of hydrogen-bond acceptors (Lipinski definition) is 6. The van der Waals surface area contributed by atoms with Gasteiger partial charge in [0, 0.05) is 5.92 Å².